The van der Waals surface area contributed by atoms with Crippen molar-refractivity contribution in [1.82, 2.24) is 19.6 Å². The van der Waals surface area contributed by atoms with Crippen LogP contribution in [0.5, 0.6) is 0 Å². The Morgan fingerprint density at radius 2 is 1.85 bits per heavy atom. The van der Waals surface area contributed by atoms with Gasteiger partial charge in [0, 0.05) is 30.7 Å². The third kappa shape index (κ3) is 3.67. The molecule has 5 rings (SSSR count). The molecule has 34 heavy (non-hydrogen) atoms. The minimum Gasteiger partial charge on any atom is -0.465 e. The van der Waals surface area contributed by atoms with E-state index in [0.717, 1.165) is 22.0 Å². The first-order valence-electron chi connectivity index (χ1n) is 11.0. The molecule has 0 atom stereocenters. The third-order valence-corrected chi connectivity index (χ3v) is 5.93. The summed E-state index contributed by atoms with van der Waals surface area (Å²) in [6, 6.07) is 18.7. The number of aryl methyl sites for hydroxylation is 1. The first-order valence-corrected chi connectivity index (χ1v) is 11.0. The number of para-hydroxylation sites is 1. The zero-order valence-electron chi connectivity index (χ0n) is 19.2. The summed E-state index contributed by atoms with van der Waals surface area (Å²) in [6.07, 6.45) is 1.65. The topological polar surface area (TPSA) is 65.2 Å². The van der Waals surface area contributed by atoms with Gasteiger partial charge in [0.1, 0.15) is 12.4 Å². The van der Waals surface area contributed by atoms with Crippen LogP contribution in [0.2, 0.25) is 0 Å². The van der Waals surface area contributed by atoms with Gasteiger partial charge in [0.2, 0.25) is 0 Å². The zero-order valence-corrected chi connectivity index (χ0v) is 19.2. The molecular weight excluding hydrogens is 433 g/mol. The third-order valence-electron chi connectivity index (χ3n) is 5.93. The Balaban J connectivity index is 1.76. The highest BCUT2D eigenvalue weighted by Crippen LogP contribution is 2.39. The lowest BCUT2D eigenvalue weighted by Gasteiger charge is -2.18. The van der Waals surface area contributed by atoms with Gasteiger partial charge in [-0.1, -0.05) is 30.3 Å². The lowest BCUT2D eigenvalue weighted by molar-refractivity contribution is -0.143. The van der Waals surface area contributed by atoms with Crippen molar-refractivity contribution in [1.29, 1.82) is 0 Å². The molecule has 0 saturated carbocycles. The number of hydrogen-bond donors (Lipinski definition) is 0. The predicted molar refractivity (Wildman–Crippen MR) is 131 cm³/mol. The van der Waals surface area contributed by atoms with Crippen LogP contribution in [0.4, 0.5) is 15.9 Å². The summed E-state index contributed by atoms with van der Waals surface area (Å²) >= 11 is 0. The molecule has 8 heteroatoms. The number of anilines is 2. The van der Waals surface area contributed by atoms with Crippen LogP contribution in [0.3, 0.4) is 0 Å². The molecule has 2 aromatic heterocycles. The molecule has 0 amide bonds. The molecule has 0 aliphatic rings. The fourth-order valence-electron chi connectivity index (χ4n) is 4.27. The van der Waals surface area contributed by atoms with Crippen LogP contribution >= 0.6 is 0 Å². The summed E-state index contributed by atoms with van der Waals surface area (Å²) in [5.74, 6) is -0.112. The van der Waals surface area contributed by atoms with Crippen LogP contribution in [-0.4, -0.2) is 39.2 Å². The molecule has 0 N–H and O–H groups in total. The van der Waals surface area contributed by atoms with Gasteiger partial charge in [0.25, 0.3) is 0 Å². The van der Waals surface area contributed by atoms with Crippen LogP contribution in [0.25, 0.3) is 32.9 Å². The Morgan fingerprint density at radius 3 is 2.62 bits per heavy atom. The molecule has 7 nitrogen and oxygen atoms in total. The van der Waals surface area contributed by atoms with Crippen LogP contribution < -0.4 is 4.90 Å². The second kappa shape index (κ2) is 8.62. The Kier molecular flexibility index (Phi) is 5.49. The van der Waals surface area contributed by atoms with Gasteiger partial charge < -0.3 is 9.64 Å². The summed E-state index contributed by atoms with van der Waals surface area (Å²) in [7, 11) is 3.74. The highest BCUT2D eigenvalue weighted by Gasteiger charge is 2.22. The summed E-state index contributed by atoms with van der Waals surface area (Å²) < 4.78 is 23.9. The van der Waals surface area contributed by atoms with Crippen LogP contribution in [0.1, 0.15) is 6.92 Å². The molecule has 172 valence electrons. The highest BCUT2D eigenvalue weighted by molar-refractivity contribution is 6.05. The monoisotopic (exact) mass is 457 g/mol. The van der Waals surface area contributed by atoms with Gasteiger partial charge >= 0.3 is 5.97 Å². The maximum absolute atomic E-state index is 15.4. The predicted octanol–water partition coefficient (Wildman–Crippen LogP) is 5.06. The fraction of sp³-hybridized carbons (Fsp3) is 0.192. The van der Waals surface area contributed by atoms with Gasteiger partial charge in [-0.25, -0.2) is 4.39 Å². The lowest BCUT2D eigenvalue weighted by atomic mass is 9.99. The Labute approximate surface area is 196 Å². The number of halogens is 1. The molecule has 5 aromatic rings. The minimum atomic E-state index is -0.381. The minimum absolute atomic E-state index is 0.0420. The molecule has 0 unspecified atom stereocenters. The van der Waals surface area contributed by atoms with Gasteiger partial charge in [-0.2, -0.15) is 10.2 Å². The molecule has 0 aliphatic carbocycles. The average Bonchev–Trinajstić information content (AvgIpc) is 3.39. The number of rotatable bonds is 6. The Bertz CT molecular complexity index is 1510. The van der Waals surface area contributed by atoms with Crippen molar-refractivity contribution >= 4 is 39.3 Å². The van der Waals surface area contributed by atoms with Crippen molar-refractivity contribution < 1.29 is 13.9 Å². The summed E-state index contributed by atoms with van der Waals surface area (Å²) in [6.45, 7) is 2.01. The molecular formula is C26H24FN5O2. The second-order valence-corrected chi connectivity index (χ2v) is 8.04. The number of nitrogens with zero attached hydrogens (tertiary/aromatic N) is 5. The van der Waals surface area contributed by atoms with Gasteiger partial charge in [0.15, 0.2) is 5.82 Å². The zero-order chi connectivity index (χ0) is 23.8. The molecule has 0 spiro atoms. The number of ether oxygens (including phenoxy) is 1. The van der Waals surface area contributed by atoms with E-state index in [1.807, 2.05) is 67.5 Å². The van der Waals surface area contributed by atoms with Crippen molar-refractivity contribution in [3.63, 3.8) is 0 Å². The summed E-state index contributed by atoms with van der Waals surface area (Å²) in [5, 5.41) is 10.5. The normalized spacial score (nSPS) is 11.3. The summed E-state index contributed by atoms with van der Waals surface area (Å²) in [5.41, 5.74) is 3.59. The van der Waals surface area contributed by atoms with E-state index in [4.69, 9.17) is 9.84 Å². The van der Waals surface area contributed by atoms with Gasteiger partial charge in [0.05, 0.1) is 29.2 Å². The lowest BCUT2D eigenvalue weighted by Crippen LogP contribution is -2.15. The number of fused-ring (bicyclic) bond motifs is 2. The second-order valence-electron chi connectivity index (χ2n) is 8.04. The number of carbonyl (C=O) groups is 1. The smallest absolute Gasteiger partial charge is 0.327 e. The van der Waals surface area contributed by atoms with E-state index in [1.165, 1.54) is 6.07 Å². The van der Waals surface area contributed by atoms with Gasteiger partial charge in [-0.05, 0) is 42.8 Å². The first kappa shape index (κ1) is 21.6. The molecule has 0 radical (unpaired) electrons. The van der Waals surface area contributed by atoms with Crippen LogP contribution in [0.15, 0.2) is 66.9 Å². The summed E-state index contributed by atoms with van der Waals surface area (Å²) in [4.78, 5) is 14.2. The Hall–Kier alpha value is -4.20. The number of hydrogen-bond acceptors (Lipinski definition) is 5. The van der Waals surface area contributed by atoms with Crippen molar-refractivity contribution in [2.75, 3.05) is 18.6 Å². The maximum Gasteiger partial charge on any atom is 0.327 e. The molecule has 2 heterocycles. The number of carbonyl (C=O) groups excluding carboxylic acids is 1. The largest absolute Gasteiger partial charge is 0.465 e. The van der Waals surface area contributed by atoms with E-state index in [1.54, 1.807) is 28.6 Å². The van der Waals surface area contributed by atoms with Crippen molar-refractivity contribution in [2.45, 2.75) is 13.5 Å². The highest BCUT2D eigenvalue weighted by atomic mass is 19.1. The maximum atomic E-state index is 15.4. The van der Waals surface area contributed by atoms with Crippen LogP contribution in [0, 0.1) is 5.82 Å². The standard InChI is InChI=1S/C26H24FN5O2/c1-4-34-24(33)16-32-22-12-8-11-19(20-14-23-17(13-21(20)27)15-28-31(23)3)25(22)26(29-32)30(2)18-9-6-5-7-10-18/h5-15H,4,16H2,1-3H3. The van der Waals surface area contributed by atoms with Crippen molar-refractivity contribution in [2.24, 2.45) is 7.05 Å². The Morgan fingerprint density at radius 1 is 1.06 bits per heavy atom. The van der Waals surface area contributed by atoms with E-state index >= 15 is 4.39 Å². The van der Waals surface area contributed by atoms with E-state index in [2.05, 4.69) is 5.10 Å². The SMILES string of the molecule is CCOC(=O)Cn1nc(N(C)c2ccccc2)c2c(-c3cc4c(cnn4C)cc3F)cccc21. The molecule has 0 fully saturated rings. The number of aromatic nitrogens is 4. The van der Waals surface area contributed by atoms with Crippen molar-refractivity contribution in [3.8, 4) is 11.1 Å². The molecule has 0 bridgehead atoms. The molecule has 0 saturated heterocycles. The van der Waals surface area contributed by atoms with E-state index in [0.29, 0.717) is 22.5 Å². The average molecular weight is 458 g/mol. The van der Waals surface area contributed by atoms with Crippen LogP contribution in [-0.2, 0) is 23.1 Å². The van der Waals surface area contributed by atoms with E-state index in [9.17, 15) is 4.79 Å². The number of esters is 1. The van der Waals surface area contributed by atoms with Crippen molar-refractivity contribution in [3.05, 3.63) is 72.7 Å². The fourth-order valence-corrected chi connectivity index (χ4v) is 4.27. The van der Waals surface area contributed by atoms with Gasteiger partial charge in [-0.15, -0.1) is 0 Å². The first-order chi connectivity index (χ1) is 16.5. The van der Waals surface area contributed by atoms with Gasteiger partial charge in [-0.3, -0.25) is 14.2 Å². The molecule has 0 aliphatic heterocycles. The van der Waals surface area contributed by atoms with E-state index in [-0.39, 0.29) is 24.9 Å². The van der Waals surface area contributed by atoms with E-state index < -0.39 is 0 Å². The molecule has 3 aromatic carbocycles. The number of benzene rings is 3. The quantitative estimate of drug-likeness (QED) is 0.334.